The van der Waals surface area contributed by atoms with Crippen molar-refractivity contribution in [2.24, 2.45) is 5.41 Å². The summed E-state index contributed by atoms with van der Waals surface area (Å²) in [6, 6.07) is -0.200. The molecular formula is C19H27N7O5. The molecule has 12 nitrogen and oxygen atoms in total. The van der Waals surface area contributed by atoms with Gasteiger partial charge in [-0.15, -0.1) is 0 Å². The number of rotatable bonds is 4. The molecule has 4 heterocycles. The molecule has 0 unspecified atom stereocenters. The zero-order chi connectivity index (χ0) is 22.4. The predicted octanol–water partition coefficient (Wildman–Crippen LogP) is 0.0448. The number of carbonyl (C=O) groups excluding carboxylic acids is 2. The van der Waals surface area contributed by atoms with Crippen molar-refractivity contribution in [3.8, 4) is 0 Å². The summed E-state index contributed by atoms with van der Waals surface area (Å²) >= 11 is 0. The Morgan fingerprint density at radius 2 is 2.16 bits per heavy atom. The predicted molar refractivity (Wildman–Crippen MR) is 107 cm³/mol. The number of carboxylic acid groups (broad SMARTS) is 1. The summed E-state index contributed by atoms with van der Waals surface area (Å²) in [7, 11) is 2.02. The highest BCUT2D eigenvalue weighted by Crippen LogP contribution is 2.43. The van der Waals surface area contributed by atoms with E-state index >= 15 is 0 Å². The summed E-state index contributed by atoms with van der Waals surface area (Å²) < 4.78 is 4.71. The number of likely N-dealkylation sites (N-methyl/N-ethyl adjacent to an activating group) is 1. The summed E-state index contributed by atoms with van der Waals surface area (Å²) in [5, 5.41) is 17.5. The van der Waals surface area contributed by atoms with Gasteiger partial charge in [0.2, 0.25) is 5.91 Å². The van der Waals surface area contributed by atoms with Gasteiger partial charge in [0.25, 0.3) is 12.4 Å². The summed E-state index contributed by atoms with van der Waals surface area (Å²) in [5.41, 5.74) is 0.669. The van der Waals surface area contributed by atoms with Crippen molar-refractivity contribution in [1.82, 2.24) is 35.4 Å². The number of imidazole rings is 1. The number of hydrogen-bond acceptors (Lipinski definition) is 8. The number of carbonyl (C=O) groups is 3. The summed E-state index contributed by atoms with van der Waals surface area (Å²) in [5.74, 6) is 0.123. The van der Waals surface area contributed by atoms with Gasteiger partial charge in [-0.1, -0.05) is 10.3 Å². The maximum absolute atomic E-state index is 13.4. The molecule has 2 aliphatic rings. The molecule has 2 aromatic rings. The number of aromatic nitrogens is 4. The zero-order valence-electron chi connectivity index (χ0n) is 17.6. The second kappa shape index (κ2) is 9.69. The number of aromatic amines is 1. The van der Waals surface area contributed by atoms with Crippen molar-refractivity contribution in [3.05, 3.63) is 29.6 Å². The monoisotopic (exact) mass is 433 g/mol. The molecule has 31 heavy (non-hydrogen) atoms. The fourth-order valence-electron chi connectivity index (χ4n) is 4.42. The molecule has 4 rings (SSSR count). The Bertz CT molecular complexity index is 899. The normalized spacial score (nSPS) is 23.3. The Labute approximate surface area is 179 Å². The average molecular weight is 433 g/mol. The molecule has 0 saturated carbocycles. The largest absolute Gasteiger partial charge is 0.483 e. The number of aryl methyl sites for hydroxylation is 1. The lowest BCUT2D eigenvalue weighted by molar-refractivity contribution is -0.142. The number of hydrogen-bond donors (Lipinski definition) is 3. The molecule has 12 heteroatoms. The average Bonchev–Trinajstić information content (AvgIpc) is 3.43. The molecule has 2 aliphatic heterocycles. The van der Waals surface area contributed by atoms with Crippen LogP contribution in [0.4, 0.5) is 0 Å². The molecule has 0 radical (unpaired) electrons. The van der Waals surface area contributed by atoms with Gasteiger partial charge in [-0.3, -0.25) is 14.4 Å². The molecule has 2 saturated heterocycles. The van der Waals surface area contributed by atoms with Crippen LogP contribution in [0, 0.1) is 12.3 Å². The van der Waals surface area contributed by atoms with Gasteiger partial charge in [0, 0.05) is 25.5 Å². The molecule has 0 bridgehead atoms. The first-order valence-corrected chi connectivity index (χ1v) is 10.1. The van der Waals surface area contributed by atoms with E-state index in [1.54, 1.807) is 19.3 Å². The van der Waals surface area contributed by atoms with Gasteiger partial charge in [-0.2, -0.15) is 0 Å². The second-order valence-corrected chi connectivity index (χ2v) is 7.81. The highest BCUT2D eigenvalue weighted by atomic mass is 16.6. The molecule has 2 atom stereocenters. The lowest BCUT2D eigenvalue weighted by Gasteiger charge is -2.53. The van der Waals surface area contributed by atoms with Crippen molar-refractivity contribution >= 4 is 18.3 Å². The Balaban J connectivity index is 0.000000858. The van der Waals surface area contributed by atoms with Crippen molar-refractivity contribution in [3.63, 3.8) is 0 Å². The summed E-state index contributed by atoms with van der Waals surface area (Å²) in [6.45, 7) is 3.91. The SMILES string of the molecule is Cc1nonc1CNC(=O)[C@@]12CCCN(C(=O)c3ncc[nH]3)[C@H]1CN(C)CC2.O=CO. The topological polar surface area (TPSA) is 158 Å². The van der Waals surface area contributed by atoms with Crippen LogP contribution in [0.5, 0.6) is 0 Å². The minimum absolute atomic E-state index is 0.0371. The summed E-state index contributed by atoms with van der Waals surface area (Å²) in [6.07, 6.45) is 5.45. The van der Waals surface area contributed by atoms with Crippen molar-refractivity contribution in [1.29, 1.82) is 0 Å². The number of nitrogens with one attached hydrogen (secondary N) is 2. The molecule has 0 spiro atoms. The van der Waals surface area contributed by atoms with E-state index in [9.17, 15) is 9.59 Å². The first kappa shape index (κ1) is 22.4. The van der Waals surface area contributed by atoms with Gasteiger partial charge >= 0.3 is 0 Å². The van der Waals surface area contributed by atoms with E-state index in [4.69, 9.17) is 14.5 Å². The molecule has 3 N–H and O–H groups in total. The van der Waals surface area contributed by atoms with E-state index < -0.39 is 5.41 Å². The van der Waals surface area contributed by atoms with Crippen LogP contribution < -0.4 is 5.32 Å². The maximum Gasteiger partial charge on any atom is 0.290 e. The standard InChI is InChI=1S/C18H25N7O3.CH2O2/c1-12-13(23-28-22-12)10-21-17(27)18-4-3-8-25(14(18)11-24(2)9-5-18)16(26)15-19-6-7-20-15;2-1-3/h6-7,14H,3-5,8-11H2,1-2H3,(H,19,20)(H,21,27);1H,(H,2,3)/t14-,18+;/m0./s1. The Kier molecular flexibility index (Phi) is 7.00. The van der Waals surface area contributed by atoms with Crippen molar-refractivity contribution in [2.75, 3.05) is 26.7 Å². The number of nitrogens with zero attached hydrogens (tertiary/aromatic N) is 5. The second-order valence-electron chi connectivity index (χ2n) is 7.81. The van der Waals surface area contributed by atoms with E-state index in [1.165, 1.54) is 0 Å². The third-order valence-corrected chi connectivity index (χ3v) is 6.04. The molecule has 2 fully saturated rings. The molecule has 0 aliphatic carbocycles. The Morgan fingerprint density at radius 3 is 2.81 bits per heavy atom. The lowest BCUT2D eigenvalue weighted by atomic mass is 9.67. The minimum atomic E-state index is -0.613. The third-order valence-electron chi connectivity index (χ3n) is 6.04. The molecule has 168 valence electrons. The highest BCUT2D eigenvalue weighted by Gasteiger charge is 2.53. The molecular weight excluding hydrogens is 406 g/mol. The number of likely N-dealkylation sites (tertiary alicyclic amines) is 2. The van der Waals surface area contributed by atoms with Crippen LogP contribution in [0.25, 0.3) is 0 Å². The molecule has 0 aromatic carbocycles. The maximum atomic E-state index is 13.4. The van der Waals surface area contributed by atoms with E-state index in [-0.39, 0.29) is 30.9 Å². The molecule has 2 aromatic heterocycles. The van der Waals surface area contributed by atoms with Gasteiger partial charge in [0.15, 0.2) is 5.82 Å². The van der Waals surface area contributed by atoms with Crippen LogP contribution in [-0.4, -0.2) is 86.2 Å². The Morgan fingerprint density at radius 1 is 1.39 bits per heavy atom. The van der Waals surface area contributed by atoms with Gasteiger partial charge in [0.05, 0.1) is 18.0 Å². The van der Waals surface area contributed by atoms with Crippen LogP contribution in [-0.2, 0) is 16.1 Å². The quantitative estimate of drug-likeness (QED) is 0.566. The van der Waals surface area contributed by atoms with Crippen LogP contribution in [0.1, 0.15) is 41.3 Å². The van der Waals surface area contributed by atoms with Crippen molar-refractivity contribution in [2.45, 2.75) is 38.8 Å². The zero-order valence-corrected chi connectivity index (χ0v) is 17.6. The third kappa shape index (κ3) is 4.58. The van der Waals surface area contributed by atoms with Gasteiger partial charge in [-0.05, 0) is 39.8 Å². The van der Waals surface area contributed by atoms with Crippen LogP contribution in [0.15, 0.2) is 17.0 Å². The Hall–Kier alpha value is -3.28. The van der Waals surface area contributed by atoms with E-state index in [2.05, 4.69) is 30.5 Å². The van der Waals surface area contributed by atoms with Gasteiger partial charge in [0.1, 0.15) is 11.4 Å². The first-order valence-electron chi connectivity index (χ1n) is 10.1. The number of piperidine rings is 2. The first-order chi connectivity index (χ1) is 14.9. The fraction of sp³-hybridized carbons (Fsp3) is 0.579. The van der Waals surface area contributed by atoms with E-state index in [0.29, 0.717) is 36.7 Å². The highest BCUT2D eigenvalue weighted by molar-refractivity contribution is 5.92. The van der Waals surface area contributed by atoms with Crippen LogP contribution in [0.2, 0.25) is 0 Å². The molecule has 2 amide bonds. The minimum Gasteiger partial charge on any atom is -0.483 e. The lowest BCUT2D eigenvalue weighted by Crippen LogP contribution is -2.66. The van der Waals surface area contributed by atoms with E-state index in [0.717, 1.165) is 19.4 Å². The van der Waals surface area contributed by atoms with Crippen LogP contribution >= 0.6 is 0 Å². The van der Waals surface area contributed by atoms with Gasteiger partial charge < -0.3 is 25.2 Å². The van der Waals surface area contributed by atoms with Crippen LogP contribution in [0.3, 0.4) is 0 Å². The van der Waals surface area contributed by atoms with E-state index in [1.807, 2.05) is 11.9 Å². The van der Waals surface area contributed by atoms with Crippen molar-refractivity contribution < 1.29 is 24.1 Å². The van der Waals surface area contributed by atoms with Gasteiger partial charge in [-0.25, -0.2) is 9.61 Å². The fourth-order valence-corrected chi connectivity index (χ4v) is 4.42. The smallest absolute Gasteiger partial charge is 0.290 e. The number of amides is 2. The number of fused-ring (bicyclic) bond motifs is 1. The number of H-pyrrole nitrogens is 1. The summed E-state index contributed by atoms with van der Waals surface area (Å²) in [4.78, 5) is 45.7.